The fourth-order valence-electron chi connectivity index (χ4n) is 1.67. The molecule has 0 radical (unpaired) electrons. The Morgan fingerprint density at radius 1 is 1.06 bits per heavy atom. The summed E-state index contributed by atoms with van der Waals surface area (Å²) in [6.45, 7) is 4.26. The monoisotopic (exact) mass is 277 g/mol. The second kappa shape index (κ2) is 5.68. The molecule has 0 aromatic heterocycles. The quantitative estimate of drug-likeness (QED) is 0.642. The summed E-state index contributed by atoms with van der Waals surface area (Å²) in [5.41, 5.74) is 10.3. The normalized spacial score (nSPS) is 10.6. The summed E-state index contributed by atoms with van der Waals surface area (Å²) in [5, 5.41) is 0.778. The molecule has 0 saturated heterocycles. The van der Waals surface area contributed by atoms with E-state index in [1.165, 1.54) is 16.0 Å². The number of hydrogen-bond donors (Lipinski definition) is 1. The van der Waals surface area contributed by atoms with Gasteiger partial charge in [0.2, 0.25) is 0 Å². The van der Waals surface area contributed by atoms with Gasteiger partial charge in [-0.2, -0.15) is 0 Å². The number of anilines is 1. The maximum absolute atomic E-state index is 6.15. The number of benzene rings is 2. The van der Waals surface area contributed by atoms with Gasteiger partial charge in [0.25, 0.3) is 0 Å². The van der Waals surface area contributed by atoms with Gasteiger partial charge < -0.3 is 5.73 Å². The van der Waals surface area contributed by atoms with Crippen molar-refractivity contribution in [3.05, 3.63) is 58.1 Å². The van der Waals surface area contributed by atoms with Crippen molar-refractivity contribution in [1.82, 2.24) is 0 Å². The number of nitrogens with two attached hydrogens (primary N) is 1. The SMILES string of the molecule is Cc1ccc(SCc2cc(N)ccc2Cl)cc1C. The number of rotatable bonds is 3. The van der Waals surface area contributed by atoms with Gasteiger partial charge in [0, 0.05) is 21.4 Å². The lowest BCUT2D eigenvalue weighted by molar-refractivity contribution is 1.27. The molecule has 2 aromatic carbocycles. The van der Waals surface area contributed by atoms with Crippen molar-refractivity contribution >= 4 is 29.1 Å². The molecule has 0 aliphatic heterocycles. The summed E-state index contributed by atoms with van der Waals surface area (Å²) < 4.78 is 0. The highest BCUT2D eigenvalue weighted by molar-refractivity contribution is 7.98. The van der Waals surface area contributed by atoms with Crippen molar-refractivity contribution in [3.63, 3.8) is 0 Å². The molecule has 1 nitrogen and oxygen atoms in total. The zero-order valence-corrected chi connectivity index (χ0v) is 12.1. The van der Waals surface area contributed by atoms with Gasteiger partial charge in [-0.05, 0) is 60.9 Å². The molecule has 0 heterocycles. The van der Waals surface area contributed by atoms with Crippen LogP contribution >= 0.6 is 23.4 Å². The van der Waals surface area contributed by atoms with E-state index in [-0.39, 0.29) is 0 Å². The number of thioether (sulfide) groups is 1. The average Bonchev–Trinajstić information content (AvgIpc) is 2.34. The molecule has 0 amide bonds. The third kappa shape index (κ3) is 3.21. The van der Waals surface area contributed by atoms with E-state index in [0.29, 0.717) is 0 Å². The van der Waals surface area contributed by atoms with Gasteiger partial charge in [0.05, 0.1) is 0 Å². The average molecular weight is 278 g/mol. The molecule has 2 N–H and O–H groups in total. The molecular weight excluding hydrogens is 262 g/mol. The van der Waals surface area contributed by atoms with E-state index >= 15 is 0 Å². The van der Waals surface area contributed by atoms with Crippen molar-refractivity contribution in [3.8, 4) is 0 Å². The lowest BCUT2D eigenvalue weighted by Gasteiger charge is -2.07. The van der Waals surface area contributed by atoms with Crippen molar-refractivity contribution in [1.29, 1.82) is 0 Å². The molecule has 3 heteroatoms. The minimum atomic E-state index is 0.759. The Balaban J connectivity index is 2.11. The van der Waals surface area contributed by atoms with Gasteiger partial charge in [-0.25, -0.2) is 0 Å². The van der Waals surface area contributed by atoms with Gasteiger partial charge in [-0.3, -0.25) is 0 Å². The van der Waals surface area contributed by atoms with Crippen LogP contribution in [0.5, 0.6) is 0 Å². The largest absolute Gasteiger partial charge is 0.399 e. The van der Waals surface area contributed by atoms with Crippen LogP contribution in [-0.4, -0.2) is 0 Å². The predicted octanol–water partition coefficient (Wildman–Crippen LogP) is 4.83. The van der Waals surface area contributed by atoms with E-state index in [0.717, 1.165) is 22.0 Å². The van der Waals surface area contributed by atoms with Crippen LogP contribution in [0.4, 0.5) is 5.69 Å². The molecule has 18 heavy (non-hydrogen) atoms. The molecule has 0 unspecified atom stereocenters. The smallest absolute Gasteiger partial charge is 0.0448 e. The van der Waals surface area contributed by atoms with Gasteiger partial charge in [0.15, 0.2) is 0 Å². The Labute approximate surface area is 117 Å². The standard InChI is InChI=1S/C15H16ClNS/c1-10-3-5-14(7-11(10)2)18-9-12-8-13(17)4-6-15(12)16/h3-8H,9,17H2,1-2H3. The summed E-state index contributed by atoms with van der Waals surface area (Å²) in [4.78, 5) is 1.26. The van der Waals surface area contributed by atoms with Crippen molar-refractivity contribution in [2.75, 3.05) is 5.73 Å². The zero-order valence-electron chi connectivity index (χ0n) is 10.5. The first kappa shape index (κ1) is 13.3. The van der Waals surface area contributed by atoms with Crippen LogP contribution in [0, 0.1) is 13.8 Å². The Bertz CT molecular complexity index is 566. The predicted molar refractivity (Wildman–Crippen MR) is 81.3 cm³/mol. The summed E-state index contributed by atoms with van der Waals surface area (Å²) in [7, 11) is 0. The number of hydrogen-bond acceptors (Lipinski definition) is 2. The molecule has 0 spiro atoms. The van der Waals surface area contributed by atoms with E-state index in [2.05, 4.69) is 32.0 Å². The molecule has 0 aliphatic rings. The lowest BCUT2D eigenvalue weighted by Crippen LogP contribution is -1.89. The second-order valence-corrected chi connectivity index (χ2v) is 5.84. The number of halogens is 1. The van der Waals surface area contributed by atoms with Crippen LogP contribution in [0.2, 0.25) is 5.02 Å². The highest BCUT2D eigenvalue weighted by Gasteiger charge is 2.03. The fourth-order valence-corrected chi connectivity index (χ4v) is 2.92. The first-order valence-electron chi connectivity index (χ1n) is 5.80. The summed E-state index contributed by atoms with van der Waals surface area (Å²) in [6, 6.07) is 12.1. The summed E-state index contributed by atoms with van der Waals surface area (Å²) in [5.74, 6) is 0.840. The maximum atomic E-state index is 6.15. The molecular formula is C15H16ClNS. The van der Waals surface area contributed by atoms with Gasteiger partial charge >= 0.3 is 0 Å². The van der Waals surface area contributed by atoms with Crippen molar-refractivity contribution < 1.29 is 0 Å². The molecule has 2 aromatic rings. The fraction of sp³-hybridized carbons (Fsp3) is 0.200. The highest BCUT2D eigenvalue weighted by atomic mass is 35.5. The minimum absolute atomic E-state index is 0.759. The van der Waals surface area contributed by atoms with Crippen molar-refractivity contribution in [2.24, 2.45) is 0 Å². The number of aryl methyl sites for hydroxylation is 2. The number of nitrogen functional groups attached to an aromatic ring is 1. The van der Waals surface area contributed by atoms with E-state index in [4.69, 9.17) is 17.3 Å². The Morgan fingerprint density at radius 3 is 2.56 bits per heavy atom. The van der Waals surface area contributed by atoms with Crippen LogP contribution in [0.3, 0.4) is 0 Å². The lowest BCUT2D eigenvalue weighted by atomic mass is 10.1. The van der Waals surface area contributed by atoms with E-state index in [1.54, 1.807) is 11.8 Å². The van der Waals surface area contributed by atoms with Crippen LogP contribution in [-0.2, 0) is 5.75 Å². The Morgan fingerprint density at radius 2 is 1.83 bits per heavy atom. The Hall–Kier alpha value is -1.12. The summed E-state index contributed by atoms with van der Waals surface area (Å²) in [6.07, 6.45) is 0. The third-order valence-corrected chi connectivity index (χ3v) is 4.35. The molecule has 0 atom stereocenters. The van der Waals surface area contributed by atoms with Crippen LogP contribution in [0.1, 0.15) is 16.7 Å². The first-order chi connectivity index (χ1) is 8.56. The van der Waals surface area contributed by atoms with Gasteiger partial charge in [-0.15, -0.1) is 11.8 Å². The van der Waals surface area contributed by atoms with E-state index in [1.807, 2.05) is 18.2 Å². The summed E-state index contributed by atoms with van der Waals surface area (Å²) >= 11 is 7.93. The molecule has 94 valence electrons. The van der Waals surface area contributed by atoms with Crippen LogP contribution in [0.15, 0.2) is 41.3 Å². The second-order valence-electron chi connectivity index (χ2n) is 4.39. The molecule has 0 saturated carbocycles. The maximum Gasteiger partial charge on any atom is 0.0448 e. The van der Waals surface area contributed by atoms with E-state index < -0.39 is 0 Å². The van der Waals surface area contributed by atoms with Crippen LogP contribution < -0.4 is 5.73 Å². The molecule has 0 fully saturated rings. The topological polar surface area (TPSA) is 26.0 Å². The van der Waals surface area contributed by atoms with Crippen LogP contribution in [0.25, 0.3) is 0 Å². The highest BCUT2D eigenvalue weighted by Crippen LogP contribution is 2.29. The van der Waals surface area contributed by atoms with Crippen molar-refractivity contribution in [2.45, 2.75) is 24.5 Å². The van der Waals surface area contributed by atoms with Gasteiger partial charge in [-0.1, -0.05) is 17.7 Å². The minimum Gasteiger partial charge on any atom is -0.399 e. The molecule has 0 aliphatic carbocycles. The van der Waals surface area contributed by atoms with Gasteiger partial charge in [0.1, 0.15) is 0 Å². The molecule has 2 rings (SSSR count). The van der Waals surface area contributed by atoms with E-state index in [9.17, 15) is 0 Å². The zero-order chi connectivity index (χ0) is 13.1. The first-order valence-corrected chi connectivity index (χ1v) is 7.16. The molecule has 0 bridgehead atoms. The Kier molecular flexibility index (Phi) is 4.20. The third-order valence-electron chi connectivity index (χ3n) is 2.94.